The molecule has 7 heteroatoms. The molecule has 0 atom stereocenters. The summed E-state index contributed by atoms with van der Waals surface area (Å²) in [5.41, 5.74) is -0.182. The van der Waals surface area contributed by atoms with E-state index in [4.69, 9.17) is 5.26 Å². The van der Waals surface area contributed by atoms with Crippen molar-refractivity contribution < 1.29 is 14.1 Å². The minimum atomic E-state index is -1.03. The second kappa shape index (κ2) is 5.03. The summed E-state index contributed by atoms with van der Waals surface area (Å²) in [6.45, 7) is 1.49. The number of aryl methyl sites for hydroxylation is 1. The summed E-state index contributed by atoms with van der Waals surface area (Å²) in [5.74, 6) is -1.63. The zero-order valence-corrected chi connectivity index (χ0v) is 8.86. The number of carbonyl (C=O) groups is 1. The Morgan fingerprint density at radius 2 is 2.29 bits per heavy atom. The maximum absolute atomic E-state index is 13.3. The summed E-state index contributed by atoms with van der Waals surface area (Å²) in [6, 6.07) is 3.53. The molecule has 0 aliphatic heterocycles. The summed E-state index contributed by atoms with van der Waals surface area (Å²) in [5, 5.41) is 21.0. The predicted molar refractivity (Wildman–Crippen MR) is 56.7 cm³/mol. The van der Waals surface area contributed by atoms with E-state index in [1.54, 1.807) is 6.07 Å². The average Bonchev–Trinajstić information content (AvgIpc) is 2.22. The van der Waals surface area contributed by atoms with Gasteiger partial charge in [0.15, 0.2) is 0 Å². The molecule has 0 aliphatic carbocycles. The molecular weight excluding hydrogens is 229 g/mol. The summed E-state index contributed by atoms with van der Waals surface area (Å²) in [7, 11) is 0. The highest BCUT2D eigenvalue weighted by atomic mass is 19.1. The lowest BCUT2D eigenvalue weighted by Crippen LogP contribution is -2.11. The molecule has 1 aromatic rings. The fourth-order valence-corrected chi connectivity index (χ4v) is 1.21. The highest BCUT2D eigenvalue weighted by Crippen LogP contribution is 2.25. The predicted octanol–water partition coefficient (Wildman–Crippen LogP) is 1.89. The van der Waals surface area contributed by atoms with Gasteiger partial charge in [0, 0.05) is 17.8 Å². The number of nitrogens with zero attached hydrogens (tertiary/aromatic N) is 2. The van der Waals surface area contributed by atoms with Crippen LogP contribution in [-0.4, -0.2) is 10.8 Å². The van der Waals surface area contributed by atoms with Crippen LogP contribution >= 0.6 is 0 Å². The van der Waals surface area contributed by atoms with Crippen LogP contribution in [0.4, 0.5) is 15.8 Å². The Bertz CT molecular complexity index is 522. The van der Waals surface area contributed by atoms with E-state index in [-0.39, 0.29) is 12.1 Å². The van der Waals surface area contributed by atoms with E-state index in [9.17, 15) is 19.3 Å². The largest absolute Gasteiger partial charge is 0.325 e. The molecule has 0 saturated heterocycles. The van der Waals surface area contributed by atoms with Crippen LogP contribution in [0.1, 0.15) is 12.0 Å². The zero-order chi connectivity index (χ0) is 13.0. The molecule has 1 rings (SSSR count). The number of hydrogen-bond acceptors (Lipinski definition) is 4. The van der Waals surface area contributed by atoms with Crippen molar-refractivity contribution in [2.45, 2.75) is 13.3 Å². The number of benzene rings is 1. The molecule has 0 bridgehead atoms. The first-order valence-electron chi connectivity index (χ1n) is 4.57. The van der Waals surface area contributed by atoms with Gasteiger partial charge in [-0.25, -0.2) is 0 Å². The molecular formula is C10H8FN3O3. The van der Waals surface area contributed by atoms with Crippen molar-refractivity contribution in [3.63, 3.8) is 0 Å². The van der Waals surface area contributed by atoms with Crippen molar-refractivity contribution in [2.24, 2.45) is 0 Å². The molecule has 1 N–H and O–H groups in total. The van der Waals surface area contributed by atoms with Crippen LogP contribution in [0.5, 0.6) is 0 Å². The topological polar surface area (TPSA) is 96.0 Å². The number of hydrogen-bond donors (Lipinski definition) is 1. The molecule has 17 heavy (non-hydrogen) atoms. The second-order valence-electron chi connectivity index (χ2n) is 3.26. The Balaban J connectivity index is 3.04. The lowest BCUT2D eigenvalue weighted by molar-refractivity contribution is -0.387. The number of anilines is 1. The molecule has 1 aromatic carbocycles. The second-order valence-corrected chi connectivity index (χ2v) is 3.26. The van der Waals surface area contributed by atoms with Crippen LogP contribution in [0, 0.1) is 34.2 Å². The molecule has 0 radical (unpaired) electrons. The molecule has 0 aromatic heterocycles. The van der Waals surface area contributed by atoms with Crippen molar-refractivity contribution in [3.8, 4) is 6.07 Å². The SMILES string of the molecule is Cc1cc([N+](=O)[O-])c(F)cc1NC(=O)CC#N. The van der Waals surface area contributed by atoms with Gasteiger partial charge >= 0.3 is 5.69 Å². The summed E-state index contributed by atoms with van der Waals surface area (Å²) < 4.78 is 13.3. The number of nitro groups is 1. The molecule has 0 saturated carbocycles. The fraction of sp³-hybridized carbons (Fsp3) is 0.200. The van der Waals surface area contributed by atoms with Gasteiger partial charge in [0.05, 0.1) is 11.0 Å². The minimum absolute atomic E-state index is 0.119. The smallest absolute Gasteiger partial charge is 0.305 e. The number of nitrogens with one attached hydrogen (secondary N) is 1. The molecule has 0 unspecified atom stereocenters. The van der Waals surface area contributed by atoms with Crippen molar-refractivity contribution in [1.29, 1.82) is 5.26 Å². The summed E-state index contributed by atoms with van der Waals surface area (Å²) in [6.07, 6.45) is -0.363. The summed E-state index contributed by atoms with van der Waals surface area (Å²) >= 11 is 0. The quantitative estimate of drug-likeness (QED) is 0.641. The van der Waals surface area contributed by atoms with Crippen LogP contribution in [0.2, 0.25) is 0 Å². The first-order chi connectivity index (χ1) is 7.95. The lowest BCUT2D eigenvalue weighted by atomic mass is 10.1. The molecule has 1 amide bonds. The van der Waals surface area contributed by atoms with Crippen molar-refractivity contribution >= 4 is 17.3 Å². The van der Waals surface area contributed by atoms with E-state index in [1.807, 2.05) is 0 Å². The van der Waals surface area contributed by atoms with Gasteiger partial charge in [0.1, 0.15) is 6.42 Å². The van der Waals surface area contributed by atoms with Gasteiger partial charge in [-0.1, -0.05) is 0 Å². The van der Waals surface area contributed by atoms with E-state index in [0.717, 1.165) is 12.1 Å². The van der Waals surface area contributed by atoms with Crippen LogP contribution in [0.15, 0.2) is 12.1 Å². The molecule has 88 valence electrons. The third-order valence-corrected chi connectivity index (χ3v) is 2.00. The van der Waals surface area contributed by atoms with Gasteiger partial charge in [0.25, 0.3) is 0 Å². The third-order valence-electron chi connectivity index (χ3n) is 2.00. The Kier molecular flexibility index (Phi) is 3.72. The minimum Gasteiger partial charge on any atom is -0.325 e. The van der Waals surface area contributed by atoms with Gasteiger partial charge in [-0.2, -0.15) is 9.65 Å². The van der Waals surface area contributed by atoms with Gasteiger partial charge in [-0.15, -0.1) is 0 Å². The molecule has 0 fully saturated rings. The molecule has 0 aliphatic rings. The van der Waals surface area contributed by atoms with E-state index in [2.05, 4.69) is 5.32 Å². The van der Waals surface area contributed by atoms with Crippen molar-refractivity contribution in [3.05, 3.63) is 33.6 Å². The number of nitro benzene ring substituents is 1. The monoisotopic (exact) mass is 237 g/mol. The fourth-order valence-electron chi connectivity index (χ4n) is 1.21. The van der Waals surface area contributed by atoms with Gasteiger partial charge in [-0.3, -0.25) is 14.9 Å². The van der Waals surface area contributed by atoms with E-state index in [1.165, 1.54) is 6.92 Å². The van der Waals surface area contributed by atoms with Crippen molar-refractivity contribution in [1.82, 2.24) is 0 Å². The standard InChI is InChI=1S/C10H8FN3O3/c1-6-4-9(14(16)17)7(11)5-8(6)13-10(15)2-3-12/h4-5H,2H2,1H3,(H,13,15). The van der Waals surface area contributed by atoms with Crippen molar-refractivity contribution in [2.75, 3.05) is 5.32 Å². The number of nitriles is 1. The van der Waals surface area contributed by atoms with Crippen LogP contribution in [0.25, 0.3) is 0 Å². The lowest BCUT2D eigenvalue weighted by Gasteiger charge is -2.06. The Morgan fingerprint density at radius 3 is 2.82 bits per heavy atom. The highest BCUT2D eigenvalue weighted by Gasteiger charge is 2.17. The molecule has 0 spiro atoms. The van der Waals surface area contributed by atoms with E-state index >= 15 is 0 Å². The Hall–Kier alpha value is -2.49. The molecule has 0 heterocycles. The Morgan fingerprint density at radius 1 is 1.65 bits per heavy atom. The highest BCUT2D eigenvalue weighted by molar-refractivity contribution is 5.92. The van der Waals surface area contributed by atoms with Gasteiger partial charge < -0.3 is 5.32 Å². The van der Waals surface area contributed by atoms with Gasteiger partial charge in [0.2, 0.25) is 11.7 Å². The third kappa shape index (κ3) is 2.98. The summed E-state index contributed by atoms with van der Waals surface area (Å²) in [4.78, 5) is 20.7. The number of amides is 1. The number of halogens is 1. The first kappa shape index (κ1) is 12.6. The van der Waals surface area contributed by atoms with E-state index in [0.29, 0.717) is 5.56 Å². The first-order valence-corrected chi connectivity index (χ1v) is 4.57. The van der Waals surface area contributed by atoms with E-state index < -0.39 is 22.3 Å². The average molecular weight is 237 g/mol. The van der Waals surface area contributed by atoms with Crippen LogP contribution in [0.3, 0.4) is 0 Å². The zero-order valence-electron chi connectivity index (χ0n) is 8.86. The normalized spacial score (nSPS) is 9.47. The Labute approximate surface area is 95.8 Å². The van der Waals surface area contributed by atoms with Crippen LogP contribution < -0.4 is 5.32 Å². The van der Waals surface area contributed by atoms with Gasteiger partial charge in [-0.05, 0) is 12.5 Å². The number of rotatable bonds is 3. The maximum Gasteiger partial charge on any atom is 0.305 e. The number of carbonyl (C=O) groups excluding carboxylic acids is 1. The molecule has 6 nitrogen and oxygen atoms in total. The van der Waals surface area contributed by atoms with Crippen LogP contribution in [-0.2, 0) is 4.79 Å². The maximum atomic E-state index is 13.3.